The number of anilines is 1. The van der Waals surface area contributed by atoms with Crippen molar-refractivity contribution in [2.24, 2.45) is 0 Å². The lowest BCUT2D eigenvalue weighted by molar-refractivity contribution is -0.116. The second-order valence-electron chi connectivity index (χ2n) is 8.16. The van der Waals surface area contributed by atoms with Crippen LogP contribution in [0.5, 0.6) is 0 Å². The lowest BCUT2D eigenvalue weighted by atomic mass is 9.98. The predicted octanol–water partition coefficient (Wildman–Crippen LogP) is 3.35. The number of fused-ring (bicyclic) bond motifs is 1. The highest BCUT2D eigenvalue weighted by molar-refractivity contribution is 5.98. The second kappa shape index (κ2) is 8.78. The number of carbonyl (C=O) groups is 2. The molecule has 0 saturated carbocycles. The van der Waals surface area contributed by atoms with Crippen LogP contribution in [-0.4, -0.2) is 54.3 Å². The van der Waals surface area contributed by atoms with Gasteiger partial charge in [-0.3, -0.25) is 9.59 Å². The van der Waals surface area contributed by atoms with Crippen LogP contribution < -0.4 is 5.32 Å². The number of amides is 2. The molecule has 1 N–H and O–H groups in total. The van der Waals surface area contributed by atoms with Crippen LogP contribution in [0.1, 0.15) is 40.7 Å². The molecular formula is C24H29N3O2. The Kier molecular flexibility index (Phi) is 5.95. The summed E-state index contributed by atoms with van der Waals surface area (Å²) in [4.78, 5) is 28.9. The molecule has 2 heterocycles. The zero-order chi connectivity index (χ0) is 20.2. The third-order valence-electron chi connectivity index (χ3n) is 6.22. The number of hydrogen-bond acceptors (Lipinski definition) is 3. The molecule has 0 bridgehead atoms. The van der Waals surface area contributed by atoms with Crippen LogP contribution in [-0.2, 0) is 17.6 Å². The third kappa shape index (κ3) is 4.67. The van der Waals surface area contributed by atoms with Crippen molar-refractivity contribution in [1.29, 1.82) is 0 Å². The van der Waals surface area contributed by atoms with Gasteiger partial charge in [-0.1, -0.05) is 30.3 Å². The van der Waals surface area contributed by atoms with E-state index < -0.39 is 0 Å². The molecule has 2 aromatic carbocycles. The van der Waals surface area contributed by atoms with E-state index in [0.29, 0.717) is 18.9 Å². The van der Waals surface area contributed by atoms with E-state index in [-0.39, 0.29) is 11.8 Å². The van der Waals surface area contributed by atoms with Gasteiger partial charge < -0.3 is 15.1 Å². The summed E-state index contributed by atoms with van der Waals surface area (Å²) in [7, 11) is 2.20. The normalized spacial score (nSPS) is 17.2. The van der Waals surface area contributed by atoms with Crippen molar-refractivity contribution in [2.45, 2.75) is 38.1 Å². The first-order valence-corrected chi connectivity index (χ1v) is 10.6. The molecule has 0 atom stereocenters. The van der Waals surface area contributed by atoms with Crippen LogP contribution in [0.25, 0.3) is 0 Å². The largest absolute Gasteiger partial charge is 0.339 e. The summed E-state index contributed by atoms with van der Waals surface area (Å²) in [5, 5.41) is 2.88. The molecule has 2 aliphatic rings. The molecule has 0 radical (unpaired) electrons. The standard InChI is InChI=1S/C24H29N3O2/c1-26(14-11-18-5-3-2-4-6-18)21-12-15-27(16-13-21)24(29)20-7-9-22-19(17-20)8-10-23(28)25-22/h2-7,9,17,21H,8,10-16H2,1H3,(H,25,28). The Morgan fingerprint density at radius 1 is 1.10 bits per heavy atom. The fourth-order valence-electron chi connectivity index (χ4n) is 4.34. The molecule has 2 aromatic rings. The lowest BCUT2D eigenvalue weighted by Gasteiger charge is -2.37. The minimum absolute atomic E-state index is 0.0510. The van der Waals surface area contributed by atoms with Gasteiger partial charge in [0, 0.05) is 43.3 Å². The number of benzene rings is 2. The van der Waals surface area contributed by atoms with Gasteiger partial charge in [-0.2, -0.15) is 0 Å². The lowest BCUT2D eigenvalue weighted by Crippen LogP contribution is -2.46. The average molecular weight is 392 g/mol. The van der Waals surface area contributed by atoms with E-state index in [4.69, 9.17) is 0 Å². The summed E-state index contributed by atoms with van der Waals surface area (Å²) in [5.74, 6) is 0.158. The van der Waals surface area contributed by atoms with Gasteiger partial charge in [0.1, 0.15) is 0 Å². The molecule has 2 aliphatic heterocycles. The van der Waals surface area contributed by atoms with Gasteiger partial charge in [0.15, 0.2) is 0 Å². The number of rotatable bonds is 5. The van der Waals surface area contributed by atoms with E-state index in [0.717, 1.165) is 55.7 Å². The smallest absolute Gasteiger partial charge is 0.253 e. The minimum atomic E-state index is 0.0510. The SMILES string of the molecule is CN(CCc1ccccc1)C1CCN(C(=O)c2ccc3c(c2)CCC(=O)N3)CC1. The van der Waals surface area contributed by atoms with Gasteiger partial charge in [0.25, 0.3) is 5.91 Å². The van der Waals surface area contributed by atoms with Crippen LogP contribution >= 0.6 is 0 Å². The van der Waals surface area contributed by atoms with Crippen molar-refractivity contribution in [3.8, 4) is 0 Å². The molecule has 29 heavy (non-hydrogen) atoms. The first kappa shape index (κ1) is 19.6. The van der Waals surface area contributed by atoms with E-state index in [1.54, 1.807) is 0 Å². The van der Waals surface area contributed by atoms with Crippen molar-refractivity contribution < 1.29 is 9.59 Å². The van der Waals surface area contributed by atoms with E-state index in [9.17, 15) is 9.59 Å². The fraction of sp³-hybridized carbons (Fsp3) is 0.417. The predicted molar refractivity (Wildman–Crippen MR) is 115 cm³/mol. The number of hydrogen-bond donors (Lipinski definition) is 1. The van der Waals surface area contributed by atoms with E-state index in [1.165, 1.54) is 5.56 Å². The molecule has 0 aromatic heterocycles. The van der Waals surface area contributed by atoms with Crippen LogP contribution in [0.15, 0.2) is 48.5 Å². The quantitative estimate of drug-likeness (QED) is 0.850. The molecule has 0 spiro atoms. The molecule has 4 rings (SSSR count). The van der Waals surface area contributed by atoms with Gasteiger partial charge in [-0.25, -0.2) is 0 Å². The van der Waals surface area contributed by atoms with Crippen molar-refractivity contribution in [3.63, 3.8) is 0 Å². The maximum atomic E-state index is 13.0. The Hall–Kier alpha value is -2.66. The van der Waals surface area contributed by atoms with Crippen molar-refractivity contribution in [2.75, 3.05) is 32.0 Å². The molecule has 1 saturated heterocycles. The van der Waals surface area contributed by atoms with E-state index in [1.807, 2.05) is 23.1 Å². The molecule has 5 nitrogen and oxygen atoms in total. The Morgan fingerprint density at radius 2 is 1.86 bits per heavy atom. The number of piperidine rings is 1. The monoisotopic (exact) mass is 391 g/mol. The summed E-state index contributed by atoms with van der Waals surface area (Å²) < 4.78 is 0. The number of carbonyl (C=O) groups excluding carboxylic acids is 2. The van der Waals surface area contributed by atoms with E-state index >= 15 is 0 Å². The van der Waals surface area contributed by atoms with Gasteiger partial charge in [0.05, 0.1) is 0 Å². The number of nitrogens with zero attached hydrogens (tertiary/aromatic N) is 2. The van der Waals surface area contributed by atoms with Gasteiger partial charge in [-0.05, 0) is 62.1 Å². The summed E-state index contributed by atoms with van der Waals surface area (Å²) in [5.41, 5.74) is 4.01. The zero-order valence-corrected chi connectivity index (χ0v) is 17.1. The topological polar surface area (TPSA) is 52.7 Å². The van der Waals surface area contributed by atoms with Crippen molar-refractivity contribution >= 4 is 17.5 Å². The van der Waals surface area contributed by atoms with Crippen LogP contribution in [0.2, 0.25) is 0 Å². The van der Waals surface area contributed by atoms with Crippen LogP contribution in [0.4, 0.5) is 5.69 Å². The Bertz CT molecular complexity index is 873. The molecule has 0 aliphatic carbocycles. The maximum absolute atomic E-state index is 13.0. The molecule has 5 heteroatoms. The molecule has 152 valence electrons. The number of likely N-dealkylation sites (N-methyl/N-ethyl adjacent to an activating group) is 1. The Balaban J connectivity index is 1.30. The van der Waals surface area contributed by atoms with Gasteiger partial charge in [0.2, 0.25) is 5.91 Å². The summed E-state index contributed by atoms with van der Waals surface area (Å²) in [6.07, 6.45) is 4.28. The summed E-state index contributed by atoms with van der Waals surface area (Å²) in [6.45, 7) is 2.64. The first-order chi connectivity index (χ1) is 14.1. The van der Waals surface area contributed by atoms with Crippen LogP contribution in [0, 0.1) is 0 Å². The highest BCUT2D eigenvalue weighted by atomic mass is 16.2. The summed E-state index contributed by atoms with van der Waals surface area (Å²) in [6, 6.07) is 16.8. The zero-order valence-electron chi connectivity index (χ0n) is 17.1. The van der Waals surface area contributed by atoms with Crippen LogP contribution in [0.3, 0.4) is 0 Å². The highest BCUT2D eigenvalue weighted by Gasteiger charge is 2.26. The highest BCUT2D eigenvalue weighted by Crippen LogP contribution is 2.25. The number of likely N-dealkylation sites (tertiary alicyclic amines) is 1. The molecule has 2 amide bonds. The second-order valence-corrected chi connectivity index (χ2v) is 8.16. The third-order valence-corrected chi connectivity index (χ3v) is 6.22. The van der Waals surface area contributed by atoms with Gasteiger partial charge in [-0.15, -0.1) is 0 Å². The number of nitrogens with one attached hydrogen (secondary N) is 1. The first-order valence-electron chi connectivity index (χ1n) is 10.6. The Morgan fingerprint density at radius 3 is 2.62 bits per heavy atom. The van der Waals surface area contributed by atoms with Gasteiger partial charge >= 0.3 is 0 Å². The minimum Gasteiger partial charge on any atom is -0.339 e. The maximum Gasteiger partial charge on any atom is 0.253 e. The summed E-state index contributed by atoms with van der Waals surface area (Å²) >= 11 is 0. The number of aryl methyl sites for hydroxylation is 1. The molecule has 1 fully saturated rings. The Labute approximate surface area is 172 Å². The fourth-order valence-corrected chi connectivity index (χ4v) is 4.34. The molecular weight excluding hydrogens is 362 g/mol. The van der Waals surface area contributed by atoms with Crippen molar-refractivity contribution in [3.05, 3.63) is 65.2 Å². The van der Waals surface area contributed by atoms with E-state index in [2.05, 4.69) is 47.6 Å². The average Bonchev–Trinajstić information content (AvgIpc) is 2.77. The van der Waals surface area contributed by atoms with Crippen molar-refractivity contribution in [1.82, 2.24) is 9.80 Å². The molecule has 0 unspecified atom stereocenters.